The number of anilines is 3. The van der Waals surface area contributed by atoms with Crippen molar-refractivity contribution in [1.29, 1.82) is 0 Å². The fourth-order valence-corrected chi connectivity index (χ4v) is 3.66. The first-order valence-corrected chi connectivity index (χ1v) is 10.7. The van der Waals surface area contributed by atoms with E-state index in [0.717, 1.165) is 17.0 Å². The maximum absolute atomic E-state index is 13.0. The summed E-state index contributed by atoms with van der Waals surface area (Å²) in [7, 11) is -2.29. The van der Waals surface area contributed by atoms with E-state index in [-0.39, 0.29) is 10.8 Å². The average molecular weight is 426 g/mol. The molecule has 0 aliphatic carbocycles. The molecular weight excluding hydrogens is 402 g/mol. The van der Waals surface area contributed by atoms with E-state index < -0.39 is 10.0 Å². The molecule has 3 N–H and O–H groups in total. The lowest BCUT2D eigenvalue weighted by atomic mass is 10.1. The Balaban J connectivity index is 1.91. The van der Waals surface area contributed by atoms with Crippen LogP contribution in [-0.4, -0.2) is 31.3 Å². The van der Waals surface area contributed by atoms with E-state index >= 15 is 0 Å². The maximum Gasteiger partial charge on any atom is 0.257 e. The molecule has 0 radical (unpaired) electrons. The van der Waals surface area contributed by atoms with Crippen molar-refractivity contribution in [2.24, 2.45) is 0 Å². The van der Waals surface area contributed by atoms with Gasteiger partial charge in [-0.05, 0) is 63.7 Å². The van der Waals surface area contributed by atoms with Crippen LogP contribution in [0.25, 0.3) is 0 Å². The fraction of sp³-hybridized carbons (Fsp3) is 0.190. The molecule has 3 rings (SSSR count). The standard InChI is InChI=1S/C21H23N5O3S/c1-13-9-10-16(30(28,29)22-4)12-19(13)25-20(27)17-7-5-6-8-18(17)26-21-23-14(2)11-15(3)24-21/h5-12,22H,1-4H3,(H,25,27)(H,23,24,26). The molecule has 0 aliphatic rings. The van der Waals surface area contributed by atoms with Gasteiger partial charge in [0.05, 0.1) is 16.1 Å². The number of hydrogen-bond acceptors (Lipinski definition) is 6. The first kappa shape index (κ1) is 21.4. The van der Waals surface area contributed by atoms with Gasteiger partial charge in [-0.3, -0.25) is 4.79 Å². The normalized spacial score (nSPS) is 11.2. The Bertz CT molecular complexity index is 1190. The van der Waals surface area contributed by atoms with Crippen LogP contribution < -0.4 is 15.4 Å². The lowest BCUT2D eigenvalue weighted by molar-refractivity contribution is 0.102. The lowest BCUT2D eigenvalue weighted by Gasteiger charge is -2.14. The number of sulfonamides is 1. The third-order valence-corrected chi connectivity index (χ3v) is 5.85. The third-order valence-electron chi connectivity index (χ3n) is 4.44. The highest BCUT2D eigenvalue weighted by molar-refractivity contribution is 7.89. The second kappa shape index (κ2) is 8.60. The van der Waals surface area contributed by atoms with E-state index in [1.54, 1.807) is 37.3 Å². The predicted octanol–water partition coefficient (Wildman–Crippen LogP) is 3.31. The predicted molar refractivity (Wildman–Crippen MR) is 117 cm³/mol. The zero-order valence-electron chi connectivity index (χ0n) is 17.1. The SMILES string of the molecule is CNS(=O)(=O)c1ccc(C)c(NC(=O)c2ccccc2Nc2nc(C)cc(C)n2)c1. The Morgan fingerprint density at radius 3 is 2.23 bits per heavy atom. The van der Waals surface area contributed by atoms with Gasteiger partial charge >= 0.3 is 0 Å². The molecule has 9 heteroatoms. The van der Waals surface area contributed by atoms with Crippen molar-refractivity contribution in [2.45, 2.75) is 25.7 Å². The molecule has 2 aromatic carbocycles. The van der Waals surface area contributed by atoms with Gasteiger partial charge in [-0.15, -0.1) is 0 Å². The van der Waals surface area contributed by atoms with Crippen molar-refractivity contribution in [3.05, 3.63) is 71.0 Å². The molecule has 3 aromatic rings. The van der Waals surface area contributed by atoms with Gasteiger partial charge in [0.1, 0.15) is 0 Å². The molecular formula is C21H23N5O3S. The largest absolute Gasteiger partial charge is 0.323 e. The molecule has 1 heterocycles. The van der Waals surface area contributed by atoms with Gasteiger partial charge in [0.15, 0.2) is 0 Å². The highest BCUT2D eigenvalue weighted by Crippen LogP contribution is 2.24. The fourth-order valence-electron chi connectivity index (χ4n) is 2.90. The molecule has 1 aromatic heterocycles. The quantitative estimate of drug-likeness (QED) is 0.558. The van der Waals surface area contributed by atoms with Crippen molar-refractivity contribution < 1.29 is 13.2 Å². The number of para-hydroxylation sites is 1. The molecule has 0 aliphatic heterocycles. The molecule has 0 saturated heterocycles. The van der Waals surface area contributed by atoms with E-state index in [4.69, 9.17) is 0 Å². The van der Waals surface area contributed by atoms with E-state index in [1.165, 1.54) is 19.2 Å². The Morgan fingerprint density at radius 1 is 0.900 bits per heavy atom. The summed E-state index contributed by atoms with van der Waals surface area (Å²) in [5, 5.41) is 5.89. The summed E-state index contributed by atoms with van der Waals surface area (Å²) >= 11 is 0. The van der Waals surface area contributed by atoms with E-state index in [1.807, 2.05) is 19.9 Å². The number of carbonyl (C=O) groups excluding carboxylic acids is 1. The molecule has 156 valence electrons. The van der Waals surface area contributed by atoms with Crippen LogP contribution in [0.4, 0.5) is 17.3 Å². The van der Waals surface area contributed by atoms with Crippen LogP contribution in [0, 0.1) is 20.8 Å². The molecule has 0 bridgehead atoms. The molecule has 1 amide bonds. The summed E-state index contributed by atoms with van der Waals surface area (Å²) in [4.78, 5) is 21.8. The minimum atomic E-state index is -3.63. The van der Waals surface area contributed by atoms with Gasteiger partial charge in [-0.2, -0.15) is 0 Å². The molecule has 0 unspecified atom stereocenters. The van der Waals surface area contributed by atoms with Crippen molar-refractivity contribution in [3.63, 3.8) is 0 Å². The topological polar surface area (TPSA) is 113 Å². The number of benzene rings is 2. The third kappa shape index (κ3) is 4.81. The van der Waals surface area contributed by atoms with E-state index in [2.05, 4.69) is 25.3 Å². The molecule has 0 atom stereocenters. The number of aromatic nitrogens is 2. The zero-order chi connectivity index (χ0) is 21.9. The van der Waals surface area contributed by atoms with Crippen LogP contribution in [-0.2, 0) is 10.0 Å². The Labute approximate surface area is 175 Å². The number of amides is 1. The first-order valence-electron chi connectivity index (χ1n) is 9.23. The second-order valence-corrected chi connectivity index (χ2v) is 8.67. The minimum absolute atomic E-state index is 0.0703. The molecule has 0 saturated carbocycles. The van der Waals surface area contributed by atoms with Crippen molar-refractivity contribution >= 4 is 33.3 Å². The van der Waals surface area contributed by atoms with Gasteiger partial charge in [0, 0.05) is 17.1 Å². The maximum atomic E-state index is 13.0. The van der Waals surface area contributed by atoms with Crippen molar-refractivity contribution in [3.8, 4) is 0 Å². The smallest absolute Gasteiger partial charge is 0.257 e. The highest BCUT2D eigenvalue weighted by atomic mass is 32.2. The molecule has 30 heavy (non-hydrogen) atoms. The number of nitrogens with zero attached hydrogens (tertiary/aromatic N) is 2. The average Bonchev–Trinajstić information content (AvgIpc) is 2.69. The van der Waals surface area contributed by atoms with Crippen molar-refractivity contribution in [2.75, 3.05) is 17.7 Å². The monoisotopic (exact) mass is 425 g/mol. The van der Waals surface area contributed by atoms with Crippen LogP contribution in [0.15, 0.2) is 53.4 Å². The van der Waals surface area contributed by atoms with E-state index in [9.17, 15) is 13.2 Å². The summed E-state index contributed by atoms with van der Waals surface area (Å²) in [6.45, 7) is 5.53. The van der Waals surface area contributed by atoms with Crippen molar-refractivity contribution in [1.82, 2.24) is 14.7 Å². The number of nitrogens with one attached hydrogen (secondary N) is 3. The van der Waals surface area contributed by atoms with Crippen LogP contribution >= 0.6 is 0 Å². The summed E-state index contributed by atoms with van der Waals surface area (Å²) in [6, 6.07) is 13.4. The second-order valence-electron chi connectivity index (χ2n) is 6.78. The van der Waals surface area contributed by atoms with Gasteiger partial charge < -0.3 is 10.6 Å². The summed E-state index contributed by atoms with van der Waals surface area (Å²) in [5.74, 6) is 0.00984. The highest BCUT2D eigenvalue weighted by Gasteiger charge is 2.17. The number of rotatable bonds is 6. The van der Waals surface area contributed by atoms with Crippen LogP contribution in [0.1, 0.15) is 27.3 Å². The number of carbonyl (C=O) groups is 1. The van der Waals surface area contributed by atoms with Crippen LogP contribution in [0.3, 0.4) is 0 Å². The molecule has 8 nitrogen and oxygen atoms in total. The van der Waals surface area contributed by atoms with E-state index in [0.29, 0.717) is 22.9 Å². The lowest BCUT2D eigenvalue weighted by Crippen LogP contribution is -2.19. The zero-order valence-corrected chi connectivity index (χ0v) is 18.0. The summed E-state index contributed by atoms with van der Waals surface area (Å²) in [5.41, 5.74) is 3.68. The van der Waals surface area contributed by atoms with Crippen LogP contribution in [0.2, 0.25) is 0 Å². The number of hydrogen-bond donors (Lipinski definition) is 3. The Hall–Kier alpha value is -3.30. The van der Waals surface area contributed by atoms with Gasteiger partial charge in [0.2, 0.25) is 16.0 Å². The number of aryl methyl sites for hydroxylation is 3. The van der Waals surface area contributed by atoms with Gasteiger partial charge in [-0.25, -0.2) is 23.1 Å². The first-order chi connectivity index (χ1) is 14.2. The minimum Gasteiger partial charge on any atom is -0.323 e. The van der Waals surface area contributed by atoms with Gasteiger partial charge in [-0.1, -0.05) is 18.2 Å². The molecule has 0 fully saturated rings. The molecule has 0 spiro atoms. The Morgan fingerprint density at radius 2 is 1.57 bits per heavy atom. The summed E-state index contributed by atoms with van der Waals surface area (Å²) in [6.07, 6.45) is 0. The van der Waals surface area contributed by atoms with Gasteiger partial charge in [0.25, 0.3) is 5.91 Å². The summed E-state index contributed by atoms with van der Waals surface area (Å²) < 4.78 is 26.4. The Kier molecular flexibility index (Phi) is 6.14. The van der Waals surface area contributed by atoms with Crippen LogP contribution in [0.5, 0.6) is 0 Å².